The lowest BCUT2D eigenvalue weighted by molar-refractivity contribution is -0.138. The van der Waals surface area contributed by atoms with Crippen LogP contribution in [0.1, 0.15) is 18.4 Å². The van der Waals surface area contributed by atoms with Gasteiger partial charge in [0.25, 0.3) is 0 Å². The number of methoxy groups -OCH3 is 1. The summed E-state index contributed by atoms with van der Waals surface area (Å²) in [4.78, 5) is 27.9. The molecule has 2 rings (SSSR count). The van der Waals surface area contributed by atoms with Gasteiger partial charge in [-0.2, -0.15) is 0 Å². The van der Waals surface area contributed by atoms with E-state index >= 15 is 0 Å². The normalized spacial score (nSPS) is 15.1. The molecule has 0 aromatic heterocycles. The third-order valence-electron chi connectivity index (χ3n) is 4.65. The number of amides is 2. The van der Waals surface area contributed by atoms with Crippen LogP contribution in [0.15, 0.2) is 24.3 Å². The van der Waals surface area contributed by atoms with Gasteiger partial charge in [0, 0.05) is 52.4 Å². The molecule has 2 amide bonds. The topological polar surface area (TPSA) is 61.9 Å². The minimum absolute atomic E-state index is 0.00234. The van der Waals surface area contributed by atoms with Gasteiger partial charge in [-0.05, 0) is 37.0 Å². The third-order valence-corrected chi connectivity index (χ3v) is 4.65. The van der Waals surface area contributed by atoms with Crippen LogP contribution in [0.2, 0.25) is 0 Å². The molecule has 138 valence electrons. The van der Waals surface area contributed by atoms with Crippen LogP contribution >= 0.6 is 0 Å². The molecule has 25 heavy (non-hydrogen) atoms. The van der Waals surface area contributed by atoms with Gasteiger partial charge in [0.2, 0.25) is 11.8 Å². The largest absolute Gasteiger partial charge is 0.378 e. The highest BCUT2D eigenvalue weighted by Gasteiger charge is 2.26. The number of hydrogen-bond donors (Lipinski definition) is 1. The van der Waals surface area contributed by atoms with E-state index in [4.69, 9.17) is 4.74 Å². The smallest absolute Gasteiger partial charge is 0.248 e. The van der Waals surface area contributed by atoms with E-state index in [1.54, 1.807) is 4.90 Å². The molecule has 6 heteroatoms. The highest BCUT2D eigenvalue weighted by Crippen LogP contribution is 2.17. The molecule has 1 fully saturated rings. The van der Waals surface area contributed by atoms with E-state index in [0.29, 0.717) is 19.6 Å². The molecule has 1 aromatic rings. The zero-order chi connectivity index (χ0) is 18.2. The van der Waals surface area contributed by atoms with Gasteiger partial charge in [-0.15, -0.1) is 0 Å². The Bertz CT molecular complexity index is 564. The number of nitrogens with one attached hydrogen (secondary N) is 1. The number of nitrogens with zero attached hydrogens (tertiary/aromatic N) is 2. The molecular weight excluding hydrogens is 318 g/mol. The number of carbonyl (C=O) groups excluding carboxylic acids is 2. The predicted molar refractivity (Wildman–Crippen MR) is 98.7 cm³/mol. The molecule has 1 N–H and O–H groups in total. The molecular formula is C19H29N3O3. The molecule has 1 aliphatic rings. The van der Waals surface area contributed by atoms with Crippen molar-refractivity contribution >= 4 is 17.5 Å². The summed E-state index contributed by atoms with van der Waals surface area (Å²) in [6.07, 6.45) is 2.27. The summed E-state index contributed by atoms with van der Waals surface area (Å²) in [5, 5.41) is 3.03. The maximum atomic E-state index is 12.3. The molecule has 1 heterocycles. The highest BCUT2D eigenvalue weighted by molar-refractivity contribution is 5.80. The molecule has 0 saturated carbocycles. The van der Waals surface area contributed by atoms with Crippen molar-refractivity contribution in [2.75, 3.05) is 52.3 Å². The molecule has 0 atom stereocenters. The molecule has 0 unspecified atom stereocenters. The van der Waals surface area contributed by atoms with Crippen LogP contribution in [-0.2, 0) is 20.7 Å². The Morgan fingerprint density at radius 1 is 1.20 bits per heavy atom. The van der Waals surface area contributed by atoms with Gasteiger partial charge in [0.1, 0.15) is 6.61 Å². The molecule has 1 saturated heterocycles. The number of rotatable bonds is 7. The quantitative estimate of drug-likeness (QED) is 0.808. The number of carbonyl (C=O) groups is 2. The van der Waals surface area contributed by atoms with E-state index in [-0.39, 0.29) is 24.3 Å². The summed E-state index contributed by atoms with van der Waals surface area (Å²) < 4.78 is 4.87. The molecule has 0 spiro atoms. The summed E-state index contributed by atoms with van der Waals surface area (Å²) in [6, 6.07) is 8.37. The zero-order valence-electron chi connectivity index (χ0n) is 15.5. The predicted octanol–water partition coefficient (Wildman–Crippen LogP) is 1.30. The standard InChI is InChI=1S/C19H29N3O3/c1-21(2)17-6-4-15(5-7-17)8-11-20-19(24)16-9-12-22(13-10-16)18(23)14-25-3/h4-7,16H,8-14H2,1-3H3,(H,20,24). The minimum Gasteiger partial charge on any atom is -0.378 e. The van der Waals surface area contributed by atoms with Crippen LogP contribution in [0.3, 0.4) is 0 Å². The number of piperidine rings is 1. The summed E-state index contributed by atoms with van der Waals surface area (Å²) >= 11 is 0. The molecule has 0 radical (unpaired) electrons. The second-order valence-electron chi connectivity index (χ2n) is 6.69. The van der Waals surface area contributed by atoms with Crippen molar-refractivity contribution in [3.8, 4) is 0 Å². The van der Waals surface area contributed by atoms with Gasteiger partial charge >= 0.3 is 0 Å². The average Bonchev–Trinajstić information content (AvgIpc) is 2.62. The number of ether oxygens (including phenoxy) is 1. The van der Waals surface area contributed by atoms with Gasteiger partial charge in [0.05, 0.1) is 0 Å². The second kappa shape index (κ2) is 9.42. The van der Waals surface area contributed by atoms with Crippen molar-refractivity contribution in [3.05, 3.63) is 29.8 Å². The van der Waals surface area contributed by atoms with Crippen molar-refractivity contribution in [2.45, 2.75) is 19.3 Å². The van der Waals surface area contributed by atoms with Crippen LogP contribution in [-0.4, -0.2) is 64.2 Å². The molecule has 0 aliphatic carbocycles. The van der Waals surface area contributed by atoms with Crippen LogP contribution in [0, 0.1) is 5.92 Å². The lowest BCUT2D eigenvalue weighted by atomic mass is 9.96. The van der Waals surface area contributed by atoms with E-state index in [9.17, 15) is 9.59 Å². The lowest BCUT2D eigenvalue weighted by Gasteiger charge is -2.31. The SMILES string of the molecule is COCC(=O)N1CCC(C(=O)NCCc2ccc(N(C)C)cc2)CC1. The van der Waals surface area contributed by atoms with E-state index in [1.165, 1.54) is 18.4 Å². The minimum atomic E-state index is 0.00234. The van der Waals surface area contributed by atoms with Gasteiger partial charge in [0.15, 0.2) is 0 Å². The number of benzene rings is 1. The first-order valence-electron chi connectivity index (χ1n) is 8.82. The Balaban J connectivity index is 1.70. The molecule has 1 aromatic carbocycles. The van der Waals surface area contributed by atoms with Crippen LogP contribution in [0.4, 0.5) is 5.69 Å². The van der Waals surface area contributed by atoms with Crippen molar-refractivity contribution in [3.63, 3.8) is 0 Å². The summed E-state index contributed by atoms with van der Waals surface area (Å²) in [6.45, 7) is 2.02. The van der Waals surface area contributed by atoms with Gasteiger partial charge in [-0.1, -0.05) is 12.1 Å². The number of likely N-dealkylation sites (tertiary alicyclic amines) is 1. The fraction of sp³-hybridized carbons (Fsp3) is 0.579. The van der Waals surface area contributed by atoms with Crippen molar-refractivity contribution in [1.82, 2.24) is 10.2 Å². The Morgan fingerprint density at radius 2 is 1.84 bits per heavy atom. The maximum absolute atomic E-state index is 12.3. The fourth-order valence-corrected chi connectivity index (χ4v) is 3.04. The first kappa shape index (κ1) is 19.2. The van der Waals surface area contributed by atoms with E-state index < -0.39 is 0 Å². The summed E-state index contributed by atoms with van der Waals surface area (Å²) in [5.41, 5.74) is 2.38. The first-order valence-corrected chi connectivity index (χ1v) is 8.82. The monoisotopic (exact) mass is 347 g/mol. The van der Waals surface area contributed by atoms with Crippen molar-refractivity contribution in [2.24, 2.45) is 5.92 Å². The molecule has 1 aliphatic heterocycles. The van der Waals surface area contributed by atoms with Crippen molar-refractivity contribution in [1.29, 1.82) is 0 Å². The Morgan fingerprint density at radius 3 is 2.40 bits per heavy atom. The maximum Gasteiger partial charge on any atom is 0.248 e. The Kier molecular flexibility index (Phi) is 7.25. The van der Waals surface area contributed by atoms with E-state index in [1.807, 2.05) is 14.1 Å². The fourth-order valence-electron chi connectivity index (χ4n) is 3.04. The number of hydrogen-bond acceptors (Lipinski definition) is 4. The van der Waals surface area contributed by atoms with Gasteiger partial charge in [-0.25, -0.2) is 0 Å². The first-order chi connectivity index (χ1) is 12.0. The number of anilines is 1. The van der Waals surface area contributed by atoms with Crippen LogP contribution < -0.4 is 10.2 Å². The Labute approximate surface area is 150 Å². The van der Waals surface area contributed by atoms with Crippen LogP contribution in [0.5, 0.6) is 0 Å². The Hall–Kier alpha value is -2.08. The third kappa shape index (κ3) is 5.74. The van der Waals surface area contributed by atoms with Gasteiger partial charge < -0.3 is 19.9 Å². The van der Waals surface area contributed by atoms with E-state index in [2.05, 4.69) is 34.5 Å². The molecule has 6 nitrogen and oxygen atoms in total. The highest BCUT2D eigenvalue weighted by atomic mass is 16.5. The average molecular weight is 347 g/mol. The van der Waals surface area contributed by atoms with Gasteiger partial charge in [-0.3, -0.25) is 9.59 Å². The zero-order valence-corrected chi connectivity index (χ0v) is 15.5. The molecule has 0 bridgehead atoms. The van der Waals surface area contributed by atoms with Crippen molar-refractivity contribution < 1.29 is 14.3 Å². The second-order valence-corrected chi connectivity index (χ2v) is 6.69. The summed E-state index contributed by atoms with van der Waals surface area (Å²) in [7, 11) is 5.55. The summed E-state index contributed by atoms with van der Waals surface area (Å²) in [5.74, 6) is 0.106. The lowest BCUT2D eigenvalue weighted by Crippen LogP contribution is -2.44. The van der Waals surface area contributed by atoms with E-state index in [0.717, 1.165) is 19.3 Å². The van der Waals surface area contributed by atoms with Crippen LogP contribution in [0.25, 0.3) is 0 Å².